The highest BCUT2D eigenvalue weighted by atomic mass is 16.6. The van der Waals surface area contributed by atoms with Crippen LogP contribution in [0.15, 0.2) is 36.4 Å². The van der Waals surface area contributed by atoms with Crippen molar-refractivity contribution in [2.75, 3.05) is 47.5 Å². The minimum atomic E-state index is -1.26. The van der Waals surface area contributed by atoms with E-state index in [2.05, 4.69) is 10.3 Å². The van der Waals surface area contributed by atoms with Gasteiger partial charge in [0.1, 0.15) is 11.5 Å². The van der Waals surface area contributed by atoms with E-state index in [0.717, 1.165) is 10.6 Å². The average Bonchev–Trinajstić information content (AvgIpc) is 2.66. The molecule has 0 radical (unpaired) electrons. The molecule has 1 atom stereocenters. The fourth-order valence-electron chi connectivity index (χ4n) is 2.80. The molecule has 156 valence electrons. The van der Waals surface area contributed by atoms with Crippen molar-refractivity contribution in [1.82, 2.24) is 4.98 Å². The SMILES string of the molecule is CCN(C(=O)O)c1cc(NCC(O)CN(C)c2ccccc2)c([N+](=O)[O-])c(N)n1. The number of aliphatic hydroxyl groups is 1. The van der Waals surface area contributed by atoms with E-state index in [1.807, 2.05) is 42.3 Å². The predicted molar refractivity (Wildman–Crippen MR) is 111 cm³/mol. The van der Waals surface area contributed by atoms with Crippen LogP contribution in [0.3, 0.4) is 0 Å². The topological polar surface area (TPSA) is 158 Å². The van der Waals surface area contributed by atoms with E-state index < -0.39 is 28.6 Å². The van der Waals surface area contributed by atoms with Gasteiger partial charge in [-0.3, -0.25) is 15.0 Å². The number of likely N-dealkylation sites (N-methyl/N-ethyl adjacent to an activating group) is 1. The highest BCUT2D eigenvalue weighted by Gasteiger charge is 2.25. The molecule has 1 aromatic heterocycles. The zero-order valence-electron chi connectivity index (χ0n) is 16.1. The number of amides is 1. The second-order valence-corrected chi connectivity index (χ2v) is 6.30. The summed E-state index contributed by atoms with van der Waals surface area (Å²) in [6, 6.07) is 10.7. The quantitative estimate of drug-likeness (QED) is 0.362. The van der Waals surface area contributed by atoms with E-state index in [4.69, 9.17) is 5.73 Å². The van der Waals surface area contributed by atoms with E-state index in [-0.39, 0.29) is 31.1 Å². The molecule has 0 aliphatic rings. The van der Waals surface area contributed by atoms with Gasteiger partial charge in [-0.05, 0) is 19.1 Å². The molecule has 2 rings (SSSR count). The van der Waals surface area contributed by atoms with Gasteiger partial charge >= 0.3 is 11.8 Å². The minimum Gasteiger partial charge on any atom is -0.465 e. The van der Waals surface area contributed by atoms with Crippen LogP contribution in [0, 0.1) is 10.1 Å². The zero-order valence-corrected chi connectivity index (χ0v) is 16.1. The fraction of sp³-hybridized carbons (Fsp3) is 0.333. The molecule has 1 amide bonds. The van der Waals surface area contributed by atoms with Gasteiger partial charge in [-0.1, -0.05) is 18.2 Å². The molecule has 0 aliphatic carbocycles. The lowest BCUT2D eigenvalue weighted by atomic mass is 10.2. The Morgan fingerprint density at radius 2 is 2.03 bits per heavy atom. The van der Waals surface area contributed by atoms with E-state index in [9.17, 15) is 25.1 Å². The van der Waals surface area contributed by atoms with Crippen molar-refractivity contribution in [2.45, 2.75) is 13.0 Å². The highest BCUT2D eigenvalue weighted by Crippen LogP contribution is 2.33. The number of nitrogens with one attached hydrogen (secondary N) is 1. The Morgan fingerprint density at radius 1 is 1.38 bits per heavy atom. The van der Waals surface area contributed by atoms with Crippen molar-refractivity contribution < 1.29 is 19.9 Å². The molecule has 0 aliphatic heterocycles. The van der Waals surface area contributed by atoms with Crippen molar-refractivity contribution >= 4 is 34.8 Å². The Hall–Kier alpha value is -3.60. The van der Waals surface area contributed by atoms with Gasteiger partial charge in [-0.25, -0.2) is 9.78 Å². The van der Waals surface area contributed by atoms with Crippen molar-refractivity contribution in [1.29, 1.82) is 0 Å². The van der Waals surface area contributed by atoms with Crippen molar-refractivity contribution in [3.05, 3.63) is 46.5 Å². The summed E-state index contributed by atoms with van der Waals surface area (Å²) in [6.07, 6.45) is -2.12. The first-order valence-corrected chi connectivity index (χ1v) is 8.88. The molecule has 1 heterocycles. The van der Waals surface area contributed by atoms with Gasteiger partial charge < -0.3 is 26.2 Å². The summed E-state index contributed by atoms with van der Waals surface area (Å²) in [7, 11) is 1.81. The summed E-state index contributed by atoms with van der Waals surface area (Å²) in [5.41, 5.74) is 6.12. The van der Waals surface area contributed by atoms with Gasteiger partial charge in [0, 0.05) is 38.4 Å². The summed E-state index contributed by atoms with van der Waals surface area (Å²) in [5.74, 6) is -0.452. The van der Waals surface area contributed by atoms with E-state index in [1.165, 1.54) is 6.07 Å². The summed E-state index contributed by atoms with van der Waals surface area (Å²) in [6.45, 7) is 1.95. The molecule has 1 unspecified atom stereocenters. The second kappa shape index (κ2) is 9.55. The molecule has 1 aromatic carbocycles. The lowest BCUT2D eigenvalue weighted by molar-refractivity contribution is -0.383. The van der Waals surface area contributed by atoms with Crippen LogP contribution >= 0.6 is 0 Å². The number of carboxylic acid groups (broad SMARTS) is 1. The van der Waals surface area contributed by atoms with Crippen LogP contribution in [0.25, 0.3) is 0 Å². The largest absolute Gasteiger partial charge is 0.465 e. The molecule has 0 spiro atoms. The number of hydrogen-bond donors (Lipinski definition) is 4. The number of hydrogen-bond acceptors (Lipinski definition) is 8. The number of aliphatic hydroxyl groups excluding tert-OH is 1. The first-order valence-electron chi connectivity index (χ1n) is 8.88. The van der Waals surface area contributed by atoms with Crippen LogP contribution in [0.1, 0.15) is 6.92 Å². The molecule has 11 heteroatoms. The maximum absolute atomic E-state index is 11.4. The smallest absolute Gasteiger partial charge is 0.413 e. The van der Waals surface area contributed by atoms with Gasteiger partial charge in [0.05, 0.1) is 11.0 Å². The number of para-hydroxylation sites is 1. The van der Waals surface area contributed by atoms with Crippen molar-refractivity contribution in [3.63, 3.8) is 0 Å². The number of carbonyl (C=O) groups is 1. The Balaban J connectivity index is 2.18. The van der Waals surface area contributed by atoms with Crippen molar-refractivity contribution in [3.8, 4) is 0 Å². The highest BCUT2D eigenvalue weighted by molar-refractivity contribution is 5.87. The Bertz CT molecular complexity index is 863. The Morgan fingerprint density at radius 3 is 2.59 bits per heavy atom. The minimum absolute atomic E-state index is 0.0138. The molecule has 0 saturated heterocycles. The van der Waals surface area contributed by atoms with Crippen LogP contribution in [0.5, 0.6) is 0 Å². The predicted octanol–water partition coefficient (Wildman–Crippen LogP) is 1.99. The first kappa shape index (κ1) is 21.7. The maximum Gasteiger partial charge on any atom is 0.413 e. The number of anilines is 4. The van der Waals surface area contributed by atoms with Crippen LogP contribution in [0.2, 0.25) is 0 Å². The van der Waals surface area contributed by atoms with Crippen LogP contribution in [-0.2, 0) is 0 Å². The lowest BCUT2D eigenvalue weighted by Crippen LogP contribution is -2.34. The number of nitro groups is 1. The number of rotatable bonds is 9. The monoisotopic (exact) mass is 404 g/mol. The third-order valence-electron chi connectivity index (χ3n) is 4.22. The zero-order chi connectivity index (χ0) is 21.6. The third kappa shape index (κ3) is 5.45. The lowest BCUT2D eigenvalue weighted by Gasteiger charge is -2.23. The van der Waals surface area contributed by atoms with Gasteiger partial charge in [-0.15, -0.1) is 0 Å². The van der Waals surface area contributed by atoms with E-state index >= 15 is 0 Å². The van der Waals surface area contributed by atoms with Gasteiger partial charge in [0.25, 0.3) is 0 Å². The van der Waals surface area contributed by atoms with Crippen LogP contribution in [-0.4, -0.2) is 59.0 Å². The third-order valence-corrected chi connectivity index (χ3v) is 4.22. The molecule has 0 bridgehead atoms. The number of benzene rings is 1. The Labute approximate surface area is 167 Å². The fourth-order valence-corrected chi connectivity index (χ4v) is 2.80. The number of pyridine rings is 1. The number of aromatic nitrogens is 1. The van der Waals surface area contributed by atoms with Crippen LogP contribution < -0.4 is 20.9 Å². The van der Waals surface area contributed by atoms with E-state index in [0.29, 0.717) is 0 Å². The second-order valence-electron chi connectivity index (χ2n) is 6.30. The maximum atomic E-state index is 11.4. The average molecular weight is 404 g/mol. The number of nitrogens with zero attached hydrogens (tertiary/aromatic N) is 4. The van der Waals surface area contributed by atoms with E-state index in [1.54, 1.807) is 6.92 Å². The summed E-state index contributed by atoms with van der Waals surface area (Å²) in [4.78, 5) is 28.6. The normalized spacial score (nSPS) is 11.6. The van der Waals surface area contributed by atoms with Gasteiger partial charge in [0.2, 0.25) is 5.82 Å². The Kier molecular flexibility index (Phi) is 7.15. The summed E-state index contributed by atoms with van der Waals surface area (Å²) < 4.78 is 0. The molecule has 2 aromatic rings. The number of nitrogen functional groups attached to an aromatic ring is 1. The molecule has 5 N–H and O–H groups in total. The van der Waals surface area contributed by atoms with Gasteiger partial charge in [-0.2, -0.15) is 0 Å². The number of nitrogens with two attached hydrogens (primary N) is 1. The summed E-state index contributed by atoms with van der Waals surface area (Å²) >= 11 is 0. The standard InChI is InChI=1S/C18H24N6O5/c1-3-23(18(26)27)15-9-14(16(24(28)29)17(19)21-15)20-10-13(25)11-22(2)12-7-5-4-6-8-12/h4-9,13,25H,3,10-11H2,1-2H3,(H,26,27)(H3,19,20,21). The van der Waals surface area contributed by atoms with Crippen LogP contribution in [0.4, 0.5) is 33.5 Å². The first-order chi connectivity index (χ1) is 13.7. The molecular weight excluding hydrogens is 380 g/mol. The van der Waals surface area contributed by atoms with Gasteiger partial charge in [0.15, 0.2) is 0 Å². The summed E-state index contributed by atoms with van der Waals surface area (Å²) in [5, 5.41) is 33.8. The van der Waals surface area contributed by atoms with Crippen molar-refractivity contribution in [2.24, 2.45) is 0 Å². The molecule has 29 heavy (non-hydrogen) atoms. The molecule has 0 saturated carbocycles. The molecule has 11 nitrogen and oxygen atoms in total. The molecule has 0 fully saturated rings. The molecular formula is C18H24N6O5.